The van der Waals surface area contributed by atoms with Crippen LogP contribution in [0.1, 0.15) is 55.6 Å². The summed E-state index contributed by atoms with van der Waals surface area (Å²) in [6.07, 6.45) is 4.63. The van der Waals surface area contributed by atoms with E-state index < -0.39 is 0 Å². The molecule has 0 heteroatoms. The molecule has 0 heterocycles. The van der Waals surface area contributed by atoms with E-state index in [1.165, 1.54) is 100 Å². The van der Waals surface area contributed by atoms with E-state index in [-0.39, 0.29) is 10.8 Å². The Kier molecular flexibility index (Phi) is 5.46. The summed E-state index contributed by atoms with van der Waals surface area (Å²) in [5.74, 6) is 0. The summed E-state index contributed by atoms with van der Waals surface area (Å²) >= 11 is 0. The van der Waals surface area contributed by atoms with Gasteiger partial charge in [0.05, 0.1) is 10.8 Å². The molecule has 0 bridgehead atoms. The fourth-order valence-electron chi connectivity index (χ4n) is 10.6. The molecule has 4 aliphatic rings. The Morgan fingerprint density at radius 3 is 0.731 bits per heavy atom. The average Bonchev–Trinajstić information content (AvgIpc) is 3.89. The highest BCUT2D eigenvalue weighted by Gasteiger charge is 2.52. The van der Waals surface area contributed by atoms with Crippen molar-refractivity contribution in [3.05, 3.63) is 238 Å². The van der Waals surface area contributed by atoms with Gasteiger partial charge in [0.2, 0.25) is 0 Å². The summed E-state index contributed by atoms with van der Waals surface area (Å²) in [5, 5.41) is 0. The first kappa shape index (κ1) is 28.2. The second kappa shape index (κ2) is 10.1. The van der Waals surface area contributed by atoms with E-state index in [9.17, 15) is 0 Å². The number of benzene rings is 8. The van der Waals surface area contributed by atoms with Crippen molar-refractivity contribution >= 4 is 12.2 Å². The molecule has 0 aromatic heterocycles. The van der Waals surface area contributed by atoms with Crippen LogP contribution in [0.25, 0.3) is 56.7 Å². The molecule has 0 radical (unpaired) electrons. The summed E-state index contributed by atoms with van der Waals surface area (Å²) in [4.78, 5) is 0. The largest absolute Gasteiger partial charge is 0.0725 e. The normalized spacial score (nSPS) is 15.2. The fourth-order valence-corrected chi connectivity index (χ4v) is 10.6. The zero-order valence-corrected chi connectivity index (χ0v) is 28.5. The highest BCUT2D eigenvalue weighted by molar-refractivity contribution is 5.97. The quantitative estimate of drug-likeness (QED) is 0.162. The third-order valence-corrected chi connectivity index (χ3v) is 12.5. The lowest BCUT2D eigenvalue weighted by molar-refractivity contribution is 0.793. The summed E-state index contributed by atoms with van der Waals surface area (Å²) in [5.41, 5.74) is 23.4. The van der Waals surface area contributed by atoms with E-state index in [4.69, 9.17) is 0 Å². The molecule has 4 aliphatic carbocycles. The molecule has 0 atom stereocenters. The molecular formula is C52H32. The lowest BCUT2D eigenvalue weighted by atomic mass is 9.70. The topological polar surface area (TPSA) is 0 Å². The van der Waals surface area contributed by atoms with Gasteiger partial charge >= 0.3 is 0 Å². The zero-order chi connectivity index (χ0) is 34.0. The minimum atomic E-state index is -0.335. The molecule has 8 aromatic carbocycles. The first-order valence-electron chi connectivity index (χ1n) is 18.4. The van der Waals surface area contributed by atoms with Crippen molar-refractivity contribution in [1.82, 2.24) is 0 Å². The molecule has 2 spiro atoms. The van der Waals surface area contributed by atoms with Crippen molar-refractivity contribution in [2.75, 3.05) is 0 Å². The van der Waals surface area contributed by atoms with Crippen LogP contribution in [0, 0.1) is 0 Å². The maximum absolute atomic E-state index is 2.46. The molecule has 0 aliphatic heterocycles. The van der Waals surface area contributed by atoms with Crippen molar-refractivity contribution in [3.63, 3.8) is 0 Å². The Morgan fingerprint density at radius 1 is 0.231 bits per heavy atom. The third kappa shape index (κ3) is 3.29. The van der Waals surface area contributed by atoms with E-state index in [2.05, 4.69) is 194 Å². The summed E-state index contributed by atoms with van der Waals surface area (Å²) < 4.78 is 0. The van der Waals surface area contributed by atoms with Gasteiger partial charge in [-0.2, -0.15) is 0 Å². The maximum Gasteiger partial charge on any atom is 0.0725 e. The first-order chi connectivity index (χ1) is 25.8. The van der Waals surface area contributed by atoms with Gasteiger partial charge in [-0.1, -0.05) is 182 Å². The summed E-state index contributed by atoms with van der Waals surface area (Å²) in [7, 11) is 0. The van der Waals surface area contributed by atoms with Gasteiger partial charge in [-0.25, -0.2) is 0 Å². The van der Waals surface area contributed by atoms with Gasteiger partial charge in [0.25, 0.3) is 0 Å². The Morgan fingerprint density at radius 2 is 0.462 bits per heavy atom. The standard InChI is InChI=1S/C52H32/c1-7-19-43-35(13-1)36-14-2-8-20-44(36)51(43)47-23-11-5-17-39(47)41-29-27-33(31-49(41)51)25-26-34-28-30-42-40-18-6-12-24-48(40)52(50(42)32-34)45-21-9-3-15-37(45)38-16-4-10-22-46(38)52/h1-32H. The Hall–Kier alpha value is -6.50. The number of hydrogen-bond acceptors (Lipinski definition) is 0. The summed E-state index contributed by atoms with van der Waals surface area (Å²) in [6, 6.07) is 68.4. The van der Waals surface area contributed by atoms with E-state index in [0.29, 0.717) is 0 Å². The van der Waals surface area contributed by atoms with Crippen molar-refractivity contribution < 1.29 is 0 Å². The lowest BCUT2D eigenvalue weighted by Crippen LogP contribution is -2.25. The summed E-state index contributed by atoms with van der Waals surface area (Å²) in [6.45, 7) is 0. The van der Waals surface area contributed by atoms with E-state index in [0.717, 1.165) is 0 Å². The minimum absolute atomic E-state index is 0.335. The lowest BCUT2D eigenvalue weighted by Gasteiger charge is -2.30. The van der Waals surface area contributed by atoms with Crippen molar-refractivity contribution in [1.29, 1.82) is 0 Å². The van der Waals surface area contributed by atoms with Crippen LogP contribution in [-0.4, -0.2) is 0 Å². The van der Waals surface area contributed by atoms with Crippen LogP contribution in [0.2, 0.25) is 0 Å². The van der Waals surface area contributed by atoms with Gasteiger partial charge in [-0.3, -0.25) is 0 Å². The second-order valence-electron chi connectivity index (χ2n) is 14.7. The zero-order valence-electron chi connectivity index (χ0n) is 28.5. The molecule has 0 unspecified atom stereocenters. The third-order valence-electron chi connectivity index (χ3n) is 12.5. The minimum Gasteiger partial charge on any atom is -0.0619 e. The Balaban J connectivity index is 1.03. The molecule has 0 N–H and O–H groups in total. The Bertz CT molecular complexity index is 2540. The first-order valence-corrected chi connectivity index (χ1v) is 18.4. The molecule has 240 valence electrons. The van der Waals surface area contributed by atoms with Crippen LogP contribution in [0.15, 0.2) is 182 Å². The monoisotopic (exact) mass is 656 g/mol. The smallest absolute Gasteiger partial charge is 0.0619 e. The fraction of sp³-hybridized carbons (Fsp3) is 0.0385. The van der Waals surface area contributed by atoms with Crippen LogP contribution in [0.4, 0.5) is 0 Å². The van der Waals surface area contributed by atoms with Crippen molar-refractivity contribution in [2.24, 2.45) is 0 Å². The van der Waals surface area contributed by atoms with Gasteiger partial charge in [-0.15, -0.1) is 0 Å². The van der Waals surface area contributed by atoms with Crippen LogP contribution < -0.4 is 0 Å². The number of hydrogen-bond donors (Lipinski definition) is 0. The number of fused-ring (bicyclic) bond motifs is 20. The molecule has 0 saturated heterocycles. The van der Waals surface area contributed by atoms with Crippen molar-refractivity contribution in [2.45, 2.75) is 10.8 Å². The molecule has 12 rings (SSSR count). The highest BCUT2D eigenvalue weighted by Crippen LogP contribution is 2.64. The predicted molar refractivity (Wildman–Crippen MR) is 214 cm³/mol. The maximum atomic E-state index is 2.46. The van der Waals surface area contributed by atoms with Crippen LogP contribution in [-0.2, 0) is 10.8 Å². The molecule has 52 heavy (non-hydrogen) atoms. The van der Waals surface area contributed by atoms with Gasteiger partial charge in [-0.05, 0) is 112 Å². The van der Waals surface area contributed by atoms with Gasteiger partial charge < -0.3 is 0 Å². The van der Waals surface area contributed by atoms with Crippen LogP contribution in [0.3, 0.4) is 0 Å². The molecular weight excluding hydrogens is 625 g/mol. The van der Waals surface area contributed by atoms with Crippen LogP contribution in [0.5, 0.6) is 0 Å². The average molecular weight is 657 g/mol. The molecule has 0 amide bonds. The van der Waals surface area contributed by atoms with Crippen LogP contribution >= 0.6 is 0 Å². The molecule has 0 saturated carbocycles. The van der Waals surface area contributed by atoms with Crippen molar-refractivity contribution in [3.8, 4) is 44.5 Å². The molecule has 8 aromatic rings. The van der Waals surface area contributed by atoms with Gasteiger partial charge in [0.1, 0.15) is 0 Å². The van der Waals surface area contributed by atoms with E-state index in [1.807, 2.05) is 0 Å². The van der Waals surface area contributed by atoms with Gasteiger partial charge in [0.15, 0.2) is 0 Å². The SMILES string of the molecule is C(=Cc1ccc2c(c1)C1(c3ccccc3-c3ccccc31)c1ccccc1-2)c1ccc2c(c1)C1(c3ccccc3-c3ccccc31)c1ccccc1-2. The van der Waals surface area contributed by atoms with E-state index in [1.54, 1.807) is 0 Å². The number of rotatable bonds is 2. The predicted octanol–water partition coefficient (Wildman–Crippen LogP) is 12.5. The second-order valence-corrected chi connectivity index (χ2v) is 14.7. The van der Waals surface area contributed by atoms with Gasteiger partial charge in [0, 0.05) is 0 Å². The van der Waals surface area contributed by atoms with E-state index >= 15 is 0 Å². The Labute approximate surface area is 304 Å². The highest BCUT2D eigenvalue weighted by atomic mass is 14.5. The molecule has 0 nitrogen and oxygen atoms in total. The molecule has 0 fully saturated rings.